The Morgan fingerprint density at radius 1 is 1.39 bits per heavy atom. The van der Waals surface area contributed by atoms with Crippen molar-refractivity contribution in [1.82, 2.24) is 9.55 Å². The minimum Gasteiger partial charge on any atom is -0.387 e. The third-order valence-corrected chi connectivity index (χ3v) is 3.57. The molecule has 5 N–H and O–H groups in total. The number of aliphatic hydroxyl groups excluding tert-OH is 2. The molecule has 0 radical (unpaired) electrons. The molecule has 1 aliphatic rings. The Morgan fingerprint density at radius 2 is 2.04 bits per heavy atom. The number of aromatic amines is 1. The fourth-order valence-corrected chi connectivity index (χ4v) is 2.44. The van der Waals surface area contributed by atoms with Gasteiger partial charge >= 0.3 is 13.5 Å². The maximum Gasteiger partial charge on any atom is 0.469 e. The Hall–Kier alpha value is -1.84. The van der Waals surface area contributed by atoms with Gasteiger partial charge in [-0.3, -0.25) is 18.9 Å². The van der Waals surface area contributed by atoms with E-state index < -0.39 is 55.9 Å². The normalized spacial score (nSPS) is 27.8. The number of nitrogens with zero attached hydrogens (tertiary/aromatic N) is 2. The molecule has 0 unspecified atom stereocenters. The van der Waals surface area contributed by atoms with E-state index in [0.717, 1.165) is 6.07 Å². The highest BCUT2D eigenvalue weighted by Gasteiger charge is 2.45. The molecule has 126 valence electrons. The van der Waals surface area contributed by atoms with Gasteiger partial charge in [-0.2, -0.15) is 5.26 Å². The molecule has 1 saturated heterocycles. The van der Waals surface area contributed by atoms with Crippen molar-refractivity contribution in [2.45, 2.75) is 24.5 Å². The Balaban J connectivity index is 2.32. The van der Waals surface area contributed by atoms with Gasteiger partial charge in [-0.05, 0) is 0 Å². The standard InChI is InChI=1S/C10H12N3O9P/c11-2-4-1-6(14)12-10(17)13(4)9-8(16)7(15)5(22-9)3-21-23(18,19)20/h1,5,7-9,15-16H,3H2,(H,12,14,17)(H2,18,19,20)/t5-,7+,8-,9-/m1/s1. The smallest absolute Gasteiger partial charge is 0.387 e. The van der Waals surface area contributed by atoms with E-state index in [-0.39, 0.29) is 0 Å². The first-order valence-electron chi connectivity index (χ1n) is 6.11. The van der Waals surface area contributed by atoms with Gasteiger partial charge in [-0.25, -0.2) is 9.36 Å². The van der Waals surface area contributed by atoms with Crippen LogP contribution in [-0.4, -0.2) is 54.5 Å². The number of nitrogens with one attached hydrogen (secondary N) is 1. The van der Waals surface area contributed by atoms with E-state index in [2.05, 4.69) is 4.52 Å². The van der Waals surface area contributed by atoms with Crippen LogP contribution in [0.3, 0.4) is 0 Å². The van der Waals surface area contributed by atoms with E-state index in [4.69, 9.17) is 19.8 Å². The molecule has 1 aromatic rings. The molecule has 2 heterocycles. The molecule has 12 nitrogen and oxygen atoms in total. The van der Waals surface area contributed by atoms with E-state index >= 15 is 0 Å². The van der Waals surface area contributed by atoms with E-state index in [0.29, 0.717) is 4.57 Å². The summed E-state index contributed by atoms with van der Waals surface area (Å²) in [6.45, 7) is -0.765. The molecule has 13 heteroatoms. The maximum absolute atomic E-state index is 11.8. The summed E-state index contributed by atoms with van der Waals surface area (Å²) in [5.74, 6) is 0. The quantitative estimate of drug-likeness (QED) is 0.353. The second-order valence-corrected chi connectivity index (χ2v) is 5.88. The molecule has 0 aliphatic carbocycles. The lowest BCUT2D eigenvalue weighted by Crippen LogP contribution is -2.39. The van der Waals surface area contributed by atoms with Crippen LogP contribution in [0.5, 0.6) is 0 Å². The Morgan fingerprint density at radius 3 is 2.61 bits per heavy atom. The van der Waals surface area contributed by atoms with Crippen molar-refractivity contribution < 1.29 is 33.8 Å². The third-order valence-electron chi connectivity index (χ3n) is 3.09. The molecule has 1 aliphatic heterocycles. The average molecular weight is 349 g/mol. The molecule has 23 heavy (non-hydrogen) atoms. The van der Waals surface area contributed by atoms with Crippen molar-refractivity contribution in [2.24, 2.45) is 0 Å². The highest BCUT2D eigenvalue weighted by atomic mass is 31.2. The number of nitriles is 1. The molecule has 1 aromatic heterocycles. The Bertz CT molecular complexity index is 790. The van der Waals surface area contributed by atoms with Gasteiger partial charge in [0, 0.05) is 6.07 Å². The van der Waals surface area contributed by atoms with Crippen LogP contribution in [0, 0.1) is 11.3 Å². The van der Waals surface area contributed by atoms with Crippen LogP contribution in [0.1, 0.15) is 11.9 Å². The molecule has 0 amide bonds. The number of ether oxygens (including phenoxy) is 1. The first-order valence-corrected chi connectivity index (χ1v) is 7.64. The summed E-state index contributed by atoms with van der Waals surface area (Å²) in [6, 6.07) is 2.37. The van der Waals surface area contributed by atoms with Crippen LogP contribution in [0.2, 0.25) is 0 Å². The first kappa shape index (κ1) is 17.5. The highest BCUT2D eigenvalue weighted by molar-refractivity contribution is 7.46. The van der Waals surface area contributed by atoms with Crippen LogP contribution in [-0.2, 0) is 13.8 Å². The number of rotatable bonds is 4. The lowest BCUT2D eigenvalue weighted by molar-refractivity contribution is -0.0547. The van der Waals surface area contributed by atoms with Crippen molar-refractivity contribution in [3.8, 4) is 6.07 Å². The maximum atomic E-state index is 11.8. The van der Waals surface area contributed by atoms with Gasteiger partial charge < -0.3 is 24.7 Å². The van der Waals surface area contributed by atoms with Crippen LogP contribution >= 0.6 is 7.82 Å². The Kier molecular flexibility index (Phi) is 4.83. The summed E-state index contributed by atoms with van der Waals surface area (Å²) in [7, 11) is -4.83. The van der Waals surface area contributed by atoms with Gasteiger partial charge in [0.15, 0.2) is 6.23 Å². The fourth-order valence-electron chi connectivity index (χ4n) is 2.09. The van der Waals surface area contributed by atoms with E-state index in [1.807, 2.05) is 4.98 Å². The summed E-state index contributed by atoms with van der Waals surface area (Å²) in [4.78, 5) is 42.1. The summed E-state index contributed by atoms with van der Waals surface area (Å²) < 4.78 is 20.6. The van der Waals surface area contributed by atoms with Gasteiger partial charge in [0.25, 0.3) is 5.56 Å². The Labute approximate surface area is 127 Å². The minimum absolute atomic E-state index is 0.424. The monoisotopic (exact) mass is 349 g/mol. The molecule has 0 spiro atoms. The number of phosphoric ester groups is 1. The van der Waals surface area contributed by atoms with Crippen molar-refractivity contribution in [2.75, 3.05) is 6.61 Å². The lowest BCUT2D eigenvalue weighted by Gasteiger charge is -2.18. The van der Waals surface area contributed by atoms with Crippen molar-refractivity contribution in [3.05, 3.63) is 32.6 Å². The number of H-pyrrole nitrogens is 1. The van der Waals surface area contributed by atoms with Gasteiger partial charge in [0.05, 0.1) is 6.61 Å². The predicted octanol–water partition coefficient (Wildman–Crippen LogP) is -2.86. The average Bonchev–Trinajstić information content (AvgIpc) is 2.71. The summed E-state index contributed by atoms with van der Waals surface area (Å²) in [5.41, 5.74) is -2.31. The largest absolute Gasteiger partial charge is 0.469 e. The van der Waals surface area contributed by atoms with Crippen LogP contribution in [0.15, 0.2) is 15.7 Å². The lowest BCUT2D eigenvalue weighted by atomic mass is 10.1. The third kappa shape index (κ3) is 3.74. The van der Waals surface area contributed by atoms with Gasteiger partial charge in [-0.15, -0.1) is 0 Å². The number of phosphoric acid groups is 1. The summed E-state index contributed by atoms with van der Waals surface area (Å²) in [6.07, 6.45) is -6.25. The van der Waals surface area contributed by atoms with Crippen molar-refractivity contribution >= 4 is 7.82 Å². The molecular formula is C10H12N3O9P. The molecule has 0 aromatic carbocycles. The van der Waals surface area contributed by atoms with Crippen molar-refractivity contribution in [3.63, 3.8) is 0 Å². The van der Waals surface area contributed by atoms with Crippen LogP contribution < -0.4 is 11.2 Å². The van der Waals surface area contributed by atoms with E-state index in [1.54, 1.807) is 6.07 Å². The number of aromatic nitrogens is 2. The molecule has 1 fully saturated rings. The van der Waals surface area contributed by atoms with Crippen LogP contribution in [0.25, 0.3) is 0 Å². The fraction of sp³-hybridized carbons (Fsp3) is 0.500. The number of hydrogen-bond acceptors (Lipinski definition) is 8. The number of hydrogen-bond donors (Lipinski definition) is 5. The molecule has 0 bridgehead atoms. The SMILES string of the molecule is N#Cc1cc(=O)[nH]c(=O)n1[C@@H]1O[C@H](COP(=O)(O)O)[C@H](O)[C@H]1O. The predicted molar refractivity (Wildman–Crippen MR) is 70.0 cm³/mol. The topological polar surface area (TPSA) is 195 Å². The molecule has 4 atom stereocenters. The van der Waals surface area contributed by atoms with E-state index in [1.165, 1.54) is 0 Å². The second kappa shape index (κ2) is 6.34. The van der Waals surface area contributed by atoms with E-state index in [9.17, 15) is 24.4 Å². The molecular weight excluding hydrogens is 337 g/mol. The summed E-state index contributed by atoms with van der Waals surface area (Å²) in [5, 5.41) is 28.7. The minimum atomic E-state index is -4.83. The van der Waals surface area contributed by atoms with Gasteiger partial charge in [-0.1, -0.05) is 0 Å². The highest BCUT2D eigenvalue weighted by Crippen LogP contribution is 2.38. The van der Waals surface area contributed by atoms with Gasteiger partial charge in [0.1, 0.15) is 30.1 Å². The summed E-state index contributed by atoms with van der Waals surface area (Å²) >= 11 is 0. The number of aliphatic hydroxyl groups is 2. The van der Waals surface area contributed by atoms with Crippen molar-refractivity contribution in [1.29, 1.82) is 5.26 Å². The molecule has 0 saturated carbocycles. The zero-order chi connectivity index (χ0) is 17.4. The second-order valence-electron chi connectivity index (χ2n) is 4.64. The van der Waals surface area contributed by atoms with Crippen LogP contribution in [0.4, 0.5) is 0 Å². The zero-order valence-electron chi connectivity index (χ0n) is 11.3. The van der Waals surface area contributed by atoms with Gasteiger partial charge in [0.2, 0.25) is 0 Å². The first-order chi connectivity index (χ1) is 10.6. The molecule has 2 rings (SSSR count). The zero-order valence-corrected chi connectivity index (χ0v) is 12.2.